The standard InChI is InChI=1S/C13H16N2O5S/c1-8(6-14)7-15(3)21(19,20)12-5-10(13(17)18)11(16)4-9(12)2/h4-5,8,16H,7H2,1-3H3,(H,17,18). The van der Waals surface area contributed by atoms with Crippen LogP contribution in [-0.2, 0) is 10.0 Å². The average molecular weight is 312 g/mol. The molecule has 1 aromatic carbocycles. The smallest absolute Gasteiger partial charge is 0.339 e. The van der Waals surface area contributed by atoms with E-state index in [9.17, 15) is 18.3 Å². The number of carboxylic acids is 1. The molecule has 0 aliphatic heterocycles. The van der Waals surface area contributed by atoms with Crippen molar-refractivity contribution in [2.75, 3.05) is 13.6 Å². The van der Waals surface area contributed by atoms with Crippen molar-refractivity contribution in [2.45, 2.75) is 18.7 Å². The Labute approximate surface area is 123 Å². The van der Waals surface area contributed by atoms with Crippen molar-refractivity contribution in [3.8, 4) is 11.8 Å². The predicted octanol–water partition coefficient (Wildman–Crippen LogP) is 1.18. The van der Waals surface area contributed by atoms with Crippen molar-refractivity contribution >= 4 is 16.0 Å². The number of nitriles is 1. The number of nitrogens with zero attached hydrogens (tertiary/aromatic N) is 2. The zero-order valence-electron chi connectivity index (χ0n) is 11.9. The van der Waals surface area contributed by atoms with Gasteiger partial charge in [0.15, 0.2) is 0 Å². The molecule has 0 spiro atoms. The van der Waals surface area contributed by atoms with Gasteiger partial charge in [-0.3, -0.25) is 0 Å². The summed E-state index contributed by atoms with van der Waals surface area (Å²) in [5.74, 6) is -2.41. The number of rotatable bonds is 5. The maximum atomic E-state index is 12.4. The second kappa shape index (κ2) is 6.11. The van der Waals surface area contributed by atoms with E-state index in [0.717, 1.165) is 16.4 Å². The van der Waals surface area contributed by atoms with E-state index < -0.39 is 33.2 Å². The number of aryl methyl sites for hydroxylation is 1. The van der Waals surface area contributed by atoms with Crippen LogP contribution in [0.25, 0.3) is 0 Å². The molecular weight excluding hydrogens is 296 g/mol. The fraction of sp³-hybridized carbons (Fsp3) is 0.385. The van der Waals surface area contributed by atoms with Crippen molar-refractivity contribution in [1.29, 1.82) is 5.26 Å². The third-order valence-electron chi connectivity index (χ3n) is 2.96. The molecule has 21 heavy (non-hydrogen) atoms. The predicted molar refractivity (Wildman–Crippen MR) is 74.4 cm³/mol. The molecule has 1 rings (SSSR count). The van der Waals surface area contributed by atoms with E-state index in [4.69, 9.17) is 10.4 Å². The fourth-order valence-electron chi connectivity index (χ4n) is 1.81. The number of hydrogen-bond acceptors (Lipinski definition) is 5. The van der Waals surface area contributed by atoms with Gasteiger partial charge in [0.2, 0.25) is 10.0 Å². The molecule has 0 amide bonds. The molecule has 2 N–H and O–H groups in total. The third kappa shape index (κ3) is 3.51. The summed E-state index contributed by atoms with van der Waals surface area (Å²) in [5.41, 5.74) is -0.255. The molecule has 0 aliphatic carbocycles. The second-order valence-electron chi connectivity index (χ2n) is 4.76. The van der Waals surface area contributed by atoms with Gasteiger partial charge in [0, 0.05) is 13.6 Å². The molecule has 0 saturated heterocycles. The summed E-state index contributed by atoms with van der Waals surface area (Å²) in [6, 6.07) is 3.95. The first kappa shape index (κ1) is 16.9. The Morgan fingerprint density at radius 2 is 2.05 bits per heavy atom. The van der Waals surface area contributed by atoms with Gasteiger partial charge in [-0.15, -0.1) is 0 Å². The summed E-state index contributed by atoms with van der Waals surface area (Å²) in [6.07, 6.45) is 0. The molecule has 7 nitrogen and oxygen atoms in total. The molecule has 0 fully saturated rings. The first-order chi connectivity index (χ1) is 9.61. The van der Waals surface area contributed by atoms with Crippen LogP contribution in [0, 0.1) is 24.2 Å². The molecule has 0 radical (unpaired) electrons. The van der Waals surface area contributed by atoms with Gasteiger partial charge in [-0.2, -0.15) is 9.57 Å². The fourth-order valence-corrected chi connectivity index (χ4v) is 3.30. The summed E-state index contributed by atoms with van der Waals surface area (Å²) in [7, 11) is -2.62. The minimum Gasteiger partial charge on any atom is -0.507 e. The maximum absolute atomic E-state index is 12.4. The lowest BCUT2D eigenvalue weighted by atomic mass is 10.1. The number of phenols is 1. The van der Waals surface area contributed by atoms with Crippen molar-refractivity contribution in [1.82, 2.24) is 4.31 Å². The Bertz CT molecular complexity index is 706. The van der Waals surface area contributed by atoms with Crippen molar-refractivity contribution in [2.24, 2.45) is 5.92 Å². The highest BCUT2D eigenvalue weighted by atomic mass is 32.2. The molecule has 8 heteroatoms. The lowest BCUT2D eigenvalue weighted by Gasteiger charge is -2.20. The molecule has 1 atom stereocenters. The van der Waals surface area contributed by atoms with Crippen LogP contribution in [0.15, 0.2) is 17.0 Å². The number of carboxylic acid groups (broad SMARTS) is 1. The molecule has 0 heterocycles. The number of aromatic hydroxyl groups is 1. The van der Waals surface area contributed by atoms with Gasteiger partial charge in [-0.1, -0.05) is 0 Å². The summed E-state index contributed by atoms with van der Waals surface area (Å²) < 4.78 is 25.9. The molecule has 0 saturated carbocycles. The molecule has 1 unspecified atom stereocenters. The Kier molecular flexibility index (Phi) is 4.93. The third-order valence-corrected chi connectivity index (χ3v) is 4.93. The molecule has 114 valence electrons. The van der Waals surface area contributed by atoms with Crippen LogP contribution in [0.2, 0.25) is 0 Å². The van der Waals surface area contributed by atoms with Gasteiger partial charge in [0.05, 0.1) is 16.9 Å². The van der Waals surface area contributed by atoms with Crippen LogP contribution >= 0.6 is 0 Å². The quantitative estimate of drug-likeness (QED) is 0.842. The highest BCUT2D eigenvalue weighted by molar-refractivity contribution is 7.89. The van der Waals surface area contributed by atoms with E-state index in [1.54, 1.807) is 6.92 Å². The second-order valence-corrected chi connectivity index (χ2v) is 6.77. The van der Waals surface area contributed by atoms with Crippen molar-refractivity contribution in [3.63, 3.8) is 0 Å². The van der Waals surface area contributed by atoms with Crippen LogP contribution in [0.4, 0.5) is 0 Å². The van der Waals surface area contributed by atoms with Gasteiger partial charge >= 0.3 is 5.97 Å². The maximum Gasteiger partial charge on any atom is 0.339 e. The number of benzene rings is 1. The van der Waals surface area contributed by atoms with E-state index in [0.29, 0.717) is 0 Å². The molecule has 0 bridgehead atoms. The molecular formula is C13H16N2O5S. The number of hydrogen-bond donors (Lipinski definition) is 2. The number of sulfonamides is 1. The zero-order chi connectivity index (χ0) is 16.4. The van der Waals surface area contributed by atoms with Crippen LogP contribution < -0.4 is 0 Å². The van der Waals surface area contributed by atoms with Gasteiger partial charge in [-0.05, 0) is 31.5 Å². The minimum atomic E-state index is -3.94. The van der Waals surface area contributed by atoms with Crippen LogP contribution in [-0.4, -0.2) is 42.5 Å². The Balaban J connectivity index is 3.35. The highest BCUT2D eigenvalue weighted by Crippen LogP contribution is 2.27. The normalized spacial score (nSPS) is 12.9. The molecule has 1 aromatic rings. The number of aromatic carboxylic acids is 1. The van der Waals surface area contributed by atoms with Gasteiger partial charge in [-0.25, -0.2) is 13.2 Å². The summed E-state index contributed by atoms with van der Waals surface area (Å²) in [5, 5.41) is 27.2. The molecule has 0 aliphatic rings. The summed E-state index contributed by atoms with van der Waals surface area (Å²) in [4.78, 5) is 10.8. The topological polar surface area (TPSA) is 119 Å². The van der Waals surface area contributed by atoms with E-state index in [-0.39, 0.29) is 17.0 Å². The minimum absolute atomic E-state index is 0.0123. The van der Waals surface area contributed by atoms with Gasteiger partial charge < -0.3 is 10.2 Å². The lowest BCUT2D eigenvalue weighted by molar-refractivity contribution is 0.0693. The van der Waals surface area contributed by atoms with Gasteiger partial charge in [0.25, 0.3) is 0 Å². The number of carbonyl (C=O) groups is 1. The first-order valence-electron chi connectivity index (χ1n) is 6.04. The van der Waals surface area contributed by atoms with Crippen LogP contribution in [0.3, 0.4) is 0 Å². The van der Waals surface area contributed by atoms with Crippen molar-refractivity contribution in [3.05, 3.63) is 23.3 Å². The largest absolute Gasteiger partial charge is 0.507 e. The summed E-state index contributed by atoms with van der Waals surface area (Å²) >= 11 is 0. The SMILES string of the molecule is Cc1cc(O)c(C(=O)O)cc1S(=O)(=O)N(C)CC(C)C#N. The van der Waals surface area contributed by atoms with E-state index in [2.05, 4.69) is 0 Å². The average Bonchev–Trinajstić information content (AvgIpc) is 2.37. The van der Waals surface area contributed by atoms with Gasteiger partial charge in [0.1, 0.15) is 11.3 Å². The van der Waals surface area contributed by atoms with E-state index >= 15 is 0 Å². The Morgan fingerprint density at radius 3 is 2.52 bits per heavy atom. The molecule has 0 aromatic heterocycles. The van der Waals surface area contributed by atoms with E-state index in [1.165, 1.54) is 14.0 Å². The lowest BCUT2D eigenvalue weighted by Crippen LogP contribution is -2.31. The monoisotopic (exact) mass is 312 g/mol. The van der Waals surface area contributed by atoms with E-state index in [1.807, 2.05) is 6.07 Å². The van der Waals surface area contributed by atoms with Crippen LogP contribution in [0.1, 0.15) is 22.8 Å². The Hall–Kier alpha value is -2.11. The highest BCUT2D eigenvalue weighted by Gasteiger charge is 2.26. The summed E-state index contributed by atoms with van der Waals surface area (Å²) in [6.45, 7) is 3.03. The van der Waals surface area contributed by atoms with Crippen LogP contribution in [0.5, 0.6) is 5.75 Å². The first-order valence-corrected chi connectivity index (χ1v) is 7.48. The zero-order valence-corrected chi connectivity index (χ0v) is 12.7. The van der Waals surface area contributed by atoms with Crippen molar-refractivity contribution < 1.29 is 23.4 Å². The Morgan fingerprint density at radius 1 is 1.48 bits per heavy atom.